The van der Waals surface area contributed by atoms with Crippen LogP contribution in [0.5, 0.6) is 5.88 Å². The molecule has 4 nitrogen and oxygen atoms in total. The van der Waals surface area contributed by atoms with E-state index in [0.717, 1.165) is 16.7 Å². The van der Waals surface area contributed by atoms with Crippen LogP contribution in [0.4, 0.5) is 0 Å². The zero-order valence-corrected chi connectivity index (χ0v) is 11.3. The number of carbonyl (C=O) groups is 1. The standard InChI is InChI=1S/C15H16N2O2/c1-10-4-5-11(2)12(8-10)9-13(18)14-15(19-3)17-7-6-16-14/h4-8H,9H2,1-3H3. The summed E-state index contributed by atoms with van der Waals surface area (Å²) in [5.41, 5.74) is 3.53. The number of Topliss-reactive ketones (excluding diaryl/α,β-unsaturated/α-hetero) is 1. The molecule has 0 atom stereocenters. The third-order valence-electron chi connectivity index (χ3n) is 2.98. The number of hydrogen-bond acceptors (Lipinski definition) is 4. The Morgan fingerprint density at radius 1 is 1.21 bits per heavy atom. The van der Waals surface area contributed by atoms with Gasteiger partial charge in [-0.2, -0.15) is 0 Å². The quantitative estimate of drug-likeness (QED) is 0.789. The number of ether oxygens (including phenoxy) is 1. The van der Waals surface area contributed by atoms with Gasteiger partial charge in [-0.05, 0) is 25.0 Å². The zero-order chi connectivity index (χ0) is 13.8. The van der Waals surface area contributed by atoms with E-state index in [1.54, 1.807) is 0 Å². The second-order valence-corrected chi connectivity index (χ2v) is 4.44. The summed E-state index contributed by atoms with van der Waals surface area (Å²) in [4.78, 5) is 20.3. The molecule has 0 saturated heterocycles. The number of aromatic nitrogens is 2. The highest BCUT2D eigenvalue weighted by Gasteiger charge is 2.16. The lowest BCUT2D eigenvalue weighted by Gasteiger charge is -2.08. The molecular weight excluding hydrogens is 240 g/mol. The van der Waals surface area contributed by atoms with Crippen LogP contribution in [0, 0.1) is 13.8 Å². The Hall–Kier alpha value is -2.23. The number of carbonyl (C=O) groups excluding carboxylic acids is 1. The van der Waals surface area contributed by atoms with Gasteiger partial charge in [0.1, 0.15) is 0 Å². The number of aryl methyl sites for hydroxylation is 2. The second kappa shape index (κ2) is 5.61. The van der Waals surface area contributed by atoms with Gasteiger partial charge < -0.3 is 4.74 Å². The topological polar surface area (TPSA) is 52.1 Å². The monoisotopic (exact) mass is 256 g/mol. The molecule has 0 aliphatic heterocycles. The molecule has 2 aromatic rings. The highest BCUT2D eigenvalue weighted by Crippen LogP contribution is 2.17. The fourth-order valence-electron chi connectivity index (χ4n) is 1.91. The van der Waals surface area contributed by atoms with Crippen LogP contribution in [0.15, 0.2) is 30.6 Å². The minimum atomic E-state index is -0.0846. The molecule has 1 aromatic heterocycles. The first-order chi connectivity index (χ1) is 9.11. The fourth-order valence-corrected chi connectivity index (χ4v) is 1.91. The van der Waals surface area contributed by atoms with Gasteiger partial charge in [0.25, 0.3) is 0 Å². The summed E-state index contributed by atoms with van der Waals surface area (Å²) >= 11 is 0. The highest BCUT2D eigenvalue weighted by molar-refractivity contribution is 5.97. The molecule has 19 heavy (non-hydrogen) atoms. The summed E-state index contributed by atoms with van der Waals surface area (Å²) in [7, 11) is 1.48. The van der Waals surface area contributed by atoms with Gasteiger partial charge in [-0.15, -0.1) is 0 Å². The second-order valence-electron chi connectivity index (χ2n) is 4.44. The SMILES string of the molecule is COc1nccnc1C(=O)Cc1cc(C)ccc1C. The fraction of sp³-hybridized carbons (Fsp3) is 0.267. The van der Waals surface area contributed by atoms with E-state index in [9.17, 15) is 4.79 Å². The van der Waals surface area contributed by atoms with Gasteiger partial charge in [-0.1, -0.05) is 23.8 Å². The number of hydrogen-bond donors (Lipinski definition) is 0. The van der Waals surface area contributed by atoms with E-state index in [0.29, 0.717) is 6.42 Å². The van der Waals surface area contributed by atoms with E-state index >= 15 is 0 Å². The van der Waals surface area contributed by atoms with Crippen molar-refractivity contribution in [1.82, 2.24) is 9.97 Å². The first-order valence-electron chi connectivity index (χ1n) is 6.06. The molecule has 0 amide bonds. The molecule has 0 N–H and O–H groups in total. The molecule has 98 valence electrons. The molecule has 0 unspecified atom stereocenters. The van der Waals surface area contributed by atoms with E-state index in [1.807, 2.05) is 32.0 Å². The molecule has 0 radical (unpaired) electrons. The molecule has 1 aromatic carbocycles. The van der Waals surface area contributed by atoms with Crippen molar-refractivity contribution in [3.05, 3.63) is 53.0 Å². The maximum atomic E-state index is 12.3. The van der Waals surface area contributed by atoms with Crippen molar-refractivity contribution in [2.75, 3.05) is 7.11 Å². The lowest BCUT2D eigenvalue weighted by atomic mass is 10.00. The maximum absolute atomic E-state index is 12.3. The van der Waals surface area contributed by atoms with Gasteiger partial charge in [0.15, 0.2) is 11.5 Å². The van der Waals surface area contributed by atoms with E-state index in [4.69, 9.17) is 4.74 Å². The predicted octanol–water partition coefficient (Wildman–Crippen LogP) is 2.53. The molecule has 0 spiro atoms. The van der Waals surface area contributed by atoms with Crippen molar-refractivity contribution in [3.8, 4) is 5.88 Å². The molecule has 0 fully saturated rings. The lowest BCUT2D eigenvalue weighted by molar-refractivity contribution is 0.0984. The van der Waals surface area contributed by atoms with Crippen molar-refractivity contribution >= 4 is 5.78 Å². The van der Waals surface area contributed by atoms with Crippen LogP contribution in [0.25, 0.3) is 0 Å². The first-order valence-corrected chi connectivity index (χ1v) is 6.06. The van der Waals surface area contributed by atoms with E-state index in [-0.39, 0.29) is 17.4 Å². The summed E-state index contributed by atoms with van der Waals surface area (Å²) in [5, 5.41) is 0. The molecule has 0 bridgehead atoms. The van der Waals surface area contributed by atoms with Crippen molar-refractivity contribution in [1.29, 1.82) is 0 Å². The van der Waals surface area contributed by atoms with Gasteiger partial charge in [0, 0.05) is 18.8 Å². The zero-order valence-electron chi connectivity index (χ0n) is 11.3. The Bertz CT molecular complexity index is 609. The van der Waals surface area contributed by atoms with Gasteiger partial charge in [0.05, 0.1) is 7.11 Å². The molecule has 2 rings (SSSR count). The normalized spacial score (nSPS) is 10.3. The first kappa shape index (κ1) is 13.2. The highest BCUT2D eigenvalue weighted by atomic mass is 16.5. The Balaban J connectivity index is 2.28. The van der Waals surface area contributed by atoms with Crippen LogP contribution in [0.3, 0.4) is 0 Å². The van der Waals surface area contributed by atoms with Crippen molar-refractivity contribution in [2.45, 2.75) is 20.3 Å². The van der Waals surface area contributed by atoms with Crippen LogP contribution >= 0.6 is 0 Å². The van der Waals surface area contributed by atoms with E-state index < -0.39 is 0 Å². The van der Waals surface area contributed by atoms with Crippen molar-refractivity contribution in [2.24, 2.45) is 0 Å². The van der Waals surface area contributed by atoms with Crippen LogP contribution in [-0.2, 0) is 6.42 Å². The number of benzene rings is 1. The average molecular weight is 256 g/mol. The van der Waals surface area contributed by atoms with Gasteiger partial charge in [-0.25, -0.2) is 9.97 Å². The van der Waals surface area contributed by atoms with Crippen LogP contribution < -0.4 is 4.74 Å². The summed E-state index contributed by atoms with van der Waals surface area (Å²) in [6.45, 7) is 4.01. The third-order valence-corrected chi connectivity index (χ3v) is 2.98. The van der Waals surface area contributed by atoms with Crippen LogP contribution in [0.1, 0.15) is 27.2 Å². The van der Waals surface area contributed by atoms with Crippen LogP contribution in [0.2, 0.25) is 0 Å². The molecule has 0 saturated carbocycles. The van der Waals surface area contributed by atoms with Gasteiger partial charge >= 0.3 is 0 Å². The predicted molar refractivity (Wildman–Crippen MR) is 72.5 cm³/mol. The molecule has 4 heteroatoms. The number of ketones is 1. The lowest BCUT2D eigenvalue weighted by Crippen LogP contribution is -2.10. The minimum Gasteiger partial charge on any atom is -0.479 e. The smallest absolute Gasteiger partial charge is 0.243 e. The van der Waals surface area contributed by atoms with E-state index in [2.05, 4.69) is 9.97 Å². The third kappa shape index (κ3) is 2.96. The summed E-state index contributed by atoms with van der Waals surface area (Å²) < 4.78 is 5.06. The van der Waals surface area contributed by atoms with Crippen LogP contribution in [-0.4, -0.2) is 22.9 Å². The van der Waals surface area contributed by atoms with Gasteiger partial charge in [-0.3, -0.25) is 4.79 Å². The Kier molecular flexibility index (Phi) is 3.90. The summed E-state index contributed by atoms with van der Waals surface area (Å²) in [6, 6.07) is 6.08. The molecule has 0 aliphatic rings. The van der Waals surface area contributed by atoms with Crippen molar-refractivity contribution in [3.63, 3.8) is 0 Å². The average Bonchev–Trinajstić information content (AvgIpc) is 2.42. The number of methoxy groups -OCH3 is 1. The Morgan fingerprint density at radius 2 is 1.95 bits per heavy atom. The summed E-state index contributed by atoms with van der Waals surface area (Å²) in [6.07, 6.45) is 3.31. The largest absolute Gasteiger partial charge is 0.479 e. The number of nitrogens with zero attached hydrogens (tertiary/aromatic N) is 2. The summed E-state index contributed by atoms with van der Waals surface area (Å²) in [5.74, 6) is 0.191. The molecule has 0 aliphatic carbocycles. The van der Waals surface area contributed by atoms with Gasteiger partial charge in [0.2, 0.25) is 5.88 Å². The molecule has 1 heterocycles. The number of rotatable bonds is 4. The van der Waals surface area contributed by atoms with E-state index in [1.165, 1.54) is 19.5 Å². The Labute approximate surface area is 112 Å². The van der Waals surface area contributed by atoms with Crippen molar-refractivity contribution < 1.29 is 9.53 Å². The maximum Gasteiger partial charge on any atom is 0.243 e. The Morgan fingerprint density at radius 3 is 2.68 bits per heavy atom. The minimum absolute atomic E-state index is 0.0846. The molecular formula is C15H16N2O2.